The molecule has 58 valence electrons. The van der Waals surface area contributed by atoms with E-state index < -0.39 is 17.6 Å². The molecule has 1 fully saturated rings. The van der Waals surface area contributed by atoms with Crippen LogP contribution in [0.3, 0.4) is 0 Å². The Morgan fingerprint density at radius 2 is 2.10 bits per heavy atom. The van der Waals surface area contributed by atoms with Gasteiger partial charge < -0.3 is 16.6 Å². The van der Waals surface area contributed by atoms with Crippen LogP contribution in [-0.2, 0) is 4.79 Å². The van der Waals surface area contributed by atoms with E-state index in [-0.39, 0.29) is 0 Å². The fraction of sp³-hybridized carbons (Fsp3) is 0.833. The predicted molar refractivity (Wildman–Crippen MR) is 36.0 cm³/mol. The zero-order chi connectivity index (χ0) is 7.78. The minimum Gasteiger partial charge on any atom is -0.381 e. The molecular weight excluding hydrogens is 132 g/mol. The minimum atomic E-state index is -1.17. The van der Waals surface area contributed by atoms with Crippen molar-refractivity contribution in [2.45, 2.75) is 30.9 Å². The maximum atomic E-state index is 10.4. The molecule has 4 heteroatoms. The molecular formula is C6H12N2O2. The lowest BCUT2D eigenvalue weighted by Gasteiger charge is -2.40. The SMILES string of the molecule is NC(=O)[C@@H](O)C1(N)CCC1. The summed E-state index contributed by atoms with van der Waals surface area (Å²) >= 11 is 0. The second-order valence-corrected chi connectivity index (χ2v) is 2.89. The van der Waals surface area contributed by atoms with Crippen molar-refractivity contribution in [1.82, 2.24) is 0 Å². The van der Waals surface area contributed by atoms with Crippen molar-refractivity contribution in [3.8, 4) is 0 Å². The Labute approximate surface area is 59.2 Å². The zero-order valence-electron chi connectivity index (χ0n) is 5.71. The van der Waals surface area contributed by atoms with Crippen molar-refractivity contribution >= 4 is 5.91 Å². The molecule has 1 saturated carbocycles. The summed E-state index contributed by atoms with van der Waals surface area (Å²) in [5.41, 5.74) is 9.74. The van der Waals surface area contributed by atoms with Gasteiger partial charge in [0.1, 0.15) is 6.10 Å². The summed E-state index contributed by atoms with van der Waals surface area (Å²) < 4.78 is 0. The first-order chi connectivity index (χ1) is 4.56. The molecule has 1 atom stereocenters. The molecule has 1 amide bonds. The van der Waals surface area contributed by atoms with Crippen LogP contribution in [0.5, 0.6) is 0 Å². The maximum Gasteiger partial charge on any atom is 0.248 e. The van der Waals surface area contributed by atoms with Gasteiger partial charge in [0, 0.05) is 0 Å². The van der Waals surface area contributed by atoms with Gasteiger partial charge in [-0.3, -0.25) is 4.79 Å². The topological polar surface area (TPSA) is 89.3 Å². The lowest BCUT2D eigenvalue weighted by molar-refractivity contribution is -0.131. The molecule has 10 heavy (non-hydrogen) atoms. The number of amides is 1. The lowest BCUT2D eigenvalue weighted by atomic mass is 9.73. The second-order valence-electron chi connectivity index (χ2n) is 2.89. The van der Waals surface area contributed by atoms with Crippen LogP contribution in [0.15, 0.2) is 0 Å². The Kier molecular flexibility index (Phi) is 1.66. The van der Waals surface area contributed by atoms with Crippen LogP contribution in [0.4, 0.5) is 0 Å². The summed E-state index contributed by atoms with van der Waals surface area (Å²) in [5, 5.41) is 9.11. The molecule has 0 heterocycles. The summed E-state index contributed by atoms with van der Waals surface area (Å²) in [6.07, 6.45) is 1.19. The number of primary amides is 1. The van der Waals surface area contributed by atoms with Gasteiger partial charge in [-0.25, -0.2) is 0 Å². The van der Waals surface area contributed by atoms with Gasteiger partial charge in [0.25, 0.3) is 0 Å². The van der Waals surface area contributed by atoms with Crippen LogP contribution in [0.25, 0.3) is 0 Å². The summed E-state index contributed by atoms with van der Waals surface area (Å²) in [6.45, 7) is 0. The third-order valence-electron chi connectivity index (χ3n) is 2.10. The lowest BCUT2D eigenvalue weighted by Crippen LogP contribution is -2.60. The van der Waals surface area contributed by atoms with E-state index >= 15 is 0 Å². The van der Waals surface area contributed by atoms with Crippen molar-refractivity contribution in [3.05, 3.63) is 0 Å². The highest BCUT2D eigenvalue weighted by Gasteiger charge is 2.42. The van der Waals surface area contributed by atoms with Crippen LogP contribution >= 0.6 is 0 Å². The van der Waals surface area contributed by atoms with Gasteiger partial charge in [0.2, 0.25) is 5.91 Å². The molecule has 0 spiro atoms. The number of carbonyl (C=O) groups is 1. The average molecular weight is 144 g/mol. The molecule has 0 bridgehead atoms. The highest BCUT2D eigenvalue weighted by molar-refractivity contribution is 5.80. The largest absolute Gasteiger partial charge is 0.381 e. The van der Waals surface area contributed by atoms with Crippen LogP contribution in [0, 0.1) is 0 Å². The molecule has 0 saturated heterocycles. The first-order valence-electron chi connectivity index (χ1n) is 3.32. The molecule has 5 N–H and O–H groups in total. The van der Waals surface area contributed by atoms with E-state index in [0.717, 1.165) is 6.42 Å². The number of nitrogens with two attached hydrogens (primary N) is 2. The monoisotopic (exact) mass is 144 g/mol. The first-order valence-corrected chi connectivity index (χ1v) is 3.32. The van der Waals surface area contributed by atoms with Gasteiger partial charge in [0.05, 0.1) is 5.54 Å². The molecule has 0 aliphatic heterocycles. The summed E-state index contributed by atoms with van der Waals surface area (Å²) in [4.78, 5) is 10.4. The highest BCUT2D eigenvalue weighted by atomic mass is 16.3. The zero-order valence-corrected chi connectivity index (χ0v) is 5.71. The molecule has 4 nitrogen and oxygen atoms in total. The summed E-state index contributed by atoms with van der Waals surface area (Å²) in [5.74, 6) is -0.720. The third-order valence-corrected chi connectivity index (χ3v) is 2.10. The number of aliphatic hydroxyl groups is 1. The van der Waals surface area contributed by atoms with Crippen molar-refractivity contribution in [2.75, 3.05) is 0 Å². The van der Waals surface area contributed by atoms with Crippen LogP contribution in [0.2, 0.25) is 0 Å². The van der Waals surface area contributed by atoms with E-state index in [2.05, 4.69) is 0 Å². The van der Waals surface area contributed by atoms with Gasteiger partial charge in [0.15, 0.2) is 0 Å². The highest BCUT2D eigenvalue weighted by Crippen LogP contribution is 2.31. The summed E-state index contributed by atoms with van der Waals surface area (Å²) in [7, 11) is 0. The van der Waals surface area contributed by atoms with E-state index in [4.69, 9.17) is 16.6 Å². The second kappa shape index (κ2) is 2.21. The first kappa shape index (κ1) is 7.50. The maximum absolute atomic E-state index is 10.4. The molecule has 0 aromatic rings. The molecule has 1 aliphatic rings. The number of aliphatic hydroxyl groups excluding tert-OH is 1. The van der Waals surface area contributed by atoms with E-state index in [9.17, 15) is 4.79 Å². The quantitative estimate of drug-likeness (QED) is 0.450. The van der Waals surface area contributed by atoms with E-state index in [1.165, 1.54) is 0 Å². The average Bonchev–Trinajstić information content (AvgIpc) is 1.81. The van der Waals surface area contributed by atoms with Gasteiger partial charge in [-0.15, -0.1) is 0 Å². The molecule has 0 radical (unpaired) electrons. The number of hydrogen-bond acceptors (Lipinski definition) is 3. The Balaban J connectivity index is 2.54. The smallest absolute Gasteiger partial charge is 0.248 e. The van der Waals surface area contributed by atoms with Crippen LogP contribution in [-0.4, -0.2) is 22.7 Å². The van der Waals surface area contributed by atoms with E-state index in [0.29, 0.717) is 12.8 Å². The minimum absolute atomic E-state index is 0.692. The number of carbonyl (C=O) groups excluding carboxylic acids is 1. The molecule has 1 rings (SSSR count). The van der Waals surface area contributed by atoms with Gasteiger partial charge in [-0.1, -0.05) is 0 Å². The van der Waals surface area contributed by atoms with Crippen LogP contribution < -0.4 is 11.5 Å². The molecule has 0 unspecified atom stereocenters. The fourth-order valence-electron chi connectivity index (χ4n) is 1.14. The van der Waals surface area contributed by atoms with Gasteiger partial charge in [-0.05, 0) is 19.3 Å². The number of rotatable bonds is 2. The van der Waals surface area contributed by atoms with Gasteiger partial charge in [-0.2, -0.15) is 0 Å². The van der Waals surface area contributed by atoms with E-state index in [1.54, 1.807) is 0 Å². The van der Waals surface area contributed by atoms with Crippen LogP contribution in [0.1, 0.15) is 19.3 Å². The number of hydrogen-bond donors (Lipinski definition) is 3. The summed E-state index contributed by atoms with van der Waals surface area (Å²) in [6, 6.07) is 0. The Morgan fingerprint density at radius 3 is 2.20 bits per heavy atom. The normalized spacial score (nSPS) is 25.0. The Bertz CT molecular complexity index is 154. The Hall–Kier alpha value is -0.610. The van der Waals surface area contributed by atoms with Gasteiger partial charge >= 0.3 is 0 Å². The third kappa shape index (κ3) is 0.998. The Morgan fingerprint density at radius 1 is 1.60 bits per heavy atom. The van der Waals surface area contributed by atoms with Crippen molar-refractivity contribution in [2.24, 2.45) is 11.5 Å². The van der Waals surface area contributed by atoms with Crippen molar-refractivity contribution in [1.29, 1.82) is 0 Å². The predicted octanol–water partition coefficient (Wildman–Crippen LogP) is -1.29. The molecule has 0 aromatic carbocycles. The fourth-order valence-corrected chi connectivity index (χ4v) is 1.14. The standard InChI is InChI=1S/C6H12N2O2/c7-5(10)4(9)6(8)2-1-3-6/h4,9H,1-3,8H2,(H2,7,10)/t4-/m1/s1. The molecule has 0 aromatic heterocycles. The molecule has 1 aliphatic carbocycles. The van der Waals surface area contributed by atoms with Crippen molar-refractivity contribution < 1.29 is 9.90 Å². The van der Waals surface area contributed by atoms with E-state index in [1.807, 2.05) is 0 Å². The van der Waals surface area contributed by atoms with Crippen molar-refractivity contribution in [3.63, 3.8) is 0 Å².